The third kappa shape index (κ3) is 3.30. The van der Waals surface area contributed by atoms with Crippen molar-refractivity contribution in [3.05, 3.63) is 33.9 Å². The minimum absolute atomic E-state index is 0.0256. The van der Waals surface area contributed by atoms with Gasteiger partial charge in [-0.15, -0.1) is 0 Å². The molecule has 0 unspecified atom stereocenters. The molecule has 1 saturated heterocycles. The zero-order chi connectivity index (χ0) is 15.4. The lowest BCUT2D eigenvalue weighted by Crippen LogP contribution is -2.36. The van der Waals surface area contributed by atoms with Crippen LogP contribution < -0.4 is 16.0 Å². The number of nitro groups is 1. The second kappa shape index (κ2) is 6.53. The maximum absolute atomic E-state index is 11.6. The van der Waals surface area contributed by atoms with E-state index in [-0.39, 0.29) is 11.6 Å². The fraction of sp³-hybridized carbons (Fsp3) is 0.500. The Morgan fingerprint density at radius 2 is 2.14 bits per heavy atom. The van der Waals surface area contributed by atoms with Crippen molar-refractivity contribution >= 4 is 17.3 Å². The quantitative estimate of drug-likeness (QED) is 0.640. The predicted octanol–water partition coefficient (Wildman–Crippen LogP) is 1.13. The van der Waals surface area contributed by atoms with E-state index in [4.69, 9.17) is 5.73 Å². The average molecular weight is 292 g/mol. The number of nitrogens with zero attached hydrogens (tertiary/aromatic N) is 2. The van der Waals surface area contributed by atoms with Gasteiger partial charge in [0, 0.05) is 31.8 Å². The van der Waals surface area contributed by atoms with E-state index in [0.717, 1.165) is 25.9 Å². The number of hydrogen-bond acceptors (Lipinski definition) is 5. The van der Waals surface area contributed by atoms with Crippen molar-refractivity contribution in [3.8, 4) is 0 Å². The molecule has 21 heavy (non-hydrogen) atoms. The molecule has 1 aromatic rings. The monoisotopic (exact) mass is 292 g/mol. The molecular formula is C14H20N4O3. The van der Waals surface area contributed by atoms with Gasteiger partial charge in [-0.3, -0.25) is 14.9 Å². The Bertz CT molecular complexity index is 539. The summed E-state index contributed by atoms with van der Waals surface area (Å²) in [4.78, 5) is 24.4. The van der Waals surface area contributed by atoms with Crippen LogP contribution in [0.25, 0.3) is 0 Å². The molecule has 0 aromatic heterocycles. The van der Waals surface area contributed by atoms with Crippen molar-refractivity contribution in [3.63, 3.8) is 0 Å². The number of carbonyl (C=O) groups excluding carboxylic acids is 1. The first-order chi connectivity index (χ1) is 10.1. The summed E-state index contributed by atoms with van der Waals surface area (Å²) in [5.41, 5.74) is 6.51. The third-order valence-corrected chi connectivity index (χ3v) is 3.95. The number of rotatable bonds is 4. The first kappa shape index (κ1) is 15.2. The molecule has 0 bridgehead atoms. The van der Waals surface area contributed by atoms with Crippen molar-refractivity contribution in [1.29, 1.82) is 0 Å². The van der Waals surface area contributed by atoms with Gasteiger partial charge in [0.15, 0.2) is 0 Å². The molecule has 114 valence electrons. The van der Waals surface area contributed by atoms with Crippen LogP contribution in [-0.4, -0.2) is 37.5 Å². The molecule has 0 aliphatic carbocycles. The molecule has 3 N–H and O–H groups in total. The van der Waals surface area contributed by atoms with E-state index < -0.39 is 4.92 Å². The van der Waals surface area contributed by atoms with Crippen LogP contribution >= 0.6 is 0 Å². The second-order valence-corrected chi connectivity index (χ2v) is 5.21. The standard InChI is InChI=1S/C14H20N4O3/c1-16-14(19)11-2-3-12(13(8-11)18(20)21)17-6-4-10(9-15)5-7-17/h2-3,8,10H,4-7,9,15H2,1H3,(H,16,19). The maximum atomic E-state index is 11.6. The largest absolute Gasteiger partial charge is 0.366 e. The molecule has 1 fully saturated rings. The number of nitro benzene ring substituents is 1. The zero-order valence-corrected chi connectivity index (χ0v) is 12.0. The number of carbonyl (C=O) groups is 1. The fourth-order valence-corrected chi connectivity index (χ4v) is 2.63. The first-order valence-electron chi connectivity index (χ1n) is 7.02. The highest BCUT2D eigenvalue weighted by molar-refractivity contribution is 5.95. The van der Waals surface area contributed by atoms with Gasteiger partial charge in [0.05, 0.1) is 4.92 Å². The summed E-state index contributed by atoms with van der Waals surface area (Å²) >= 11 is 0. The van der Waals surface area contributed by atoms with Gasteiger partial charge >= 0.3 is 0 Å². The molecule has 1 aliphatic rings. The lowest BCUT2D eigenvalue weighted by Gasteiger charge is -2.32. The zero-order valence-electron chi connectivity index (χ0n) is 12.0. The first-order valence-corrected chi connectivity index (χ1v) is 7.02. The van der Waals surface area contributed by atoms with Gasteiger partial charge in [-0.25, -0.2) is 0 Å². The Morgan fingerprint density at radius 3 is 2.67 bits per heavy atom. The average Bonchev–Trinajstić information content (AvgIpc) is 2.53. The summed E-state index contributed by atoms with van der Waals surface area (Å²) in [6.45, 7) is 2.16. The van der Waals surface area contributed by atoms with Gasteiger partial charge in [0.1, 0.15) is 5.69 Å². The van der Waals surface area contributed by atoms with E-state index in [1.165, 1.54) is 13.1 Å². The number of piperidine rings is 1. The fourth-order valence-electron chi connectivity index (χ4n) is 2.63. The molecule has 0 spiro atoms. The maximum Gasteiger partial charge on any atom is 0.293 e. The Kier molecular flexibility index (Phi) is 4.74. The lowest BCUT2D eigenvalue weighted by atomic mass is 9.96. The van der Waals surface area contributed by atoms with E-state index in [1.807, 2.05) is 4.90 Å². The molecule has 1 heterocycles. The topological polar surface area (TPSA) is 102 Å². The number of nitrogens with two attached hydrogens (primary N) is 1. The van der Waals surface area contributed by atoms with Crippen LogP contribution in [-0.2, 0) is 0 Å². The van der Waals surface area contributed by atoms with Crippen LogP contribution in [0.15, 0.2) is 18.2 Å². The van der Waals surface area contributed by atoms with Crippen LogP contribution in [0.2, 0.25) is 0 Å². The Hall–Kier alpha value is -2.15. The Morgan fingerprint density at radius 1 is 1.48 bits per heavy atom. The summed E-state index contributed by atoms with van der Waals surface area (Å²) in [5, 5.41) is 13.7. The van der Waals surface area contributed by atoms with E-state index in [1.54, 1.807) is 12.1 Å². The van der Waals surface area contributed by atoms with Crippen molar-refractivity contribution < 1.29 is 9.72 Å². The summed E-state index contributed by atoms with van der Waals surface area (Å²) in [7, 11) is 1.50. The summed E-state index contributed by atoms with van der Waals surface area (Å²) in [6, 6.07) is 4.62. The van der Waals surface area contributed by atoms with Crippen molar-refractivity contribution in [2.24, 2.45) is 11.7 Å². The molecule has 2 rings (SSSR count). The summed E-state index contributed by atoms with van der Waals surface area (Å²) in [6.07, 6.45) is 1.87. The van der Waals surface area contributed by atoms with Crippen molar-refractivity contribution in [2.75, 3.05) is 31.6 Å². The highest BCUT2D eigenvalue weighted by atomic mass is 16.6. The highest BCUT2D eigenvalue weighted by Gasteiger charge is 2.25. The van der Waals surface area contributed by atoms with Gasteiger partial charge in [-0.2, -0.15) is 0 Å². The molecule has 1 aliphatic heterocycles. The van der Waals surface area contributed by atoms with E-state index in [9.17, 15) is 14.9 Å². The van der Waals surface area contributed by atoms with Crippen LogP contribution in [0.3, 0.4) is 0 Å². The predicted molar refractivity (Wildman–Crippen MR) is 80.5 cm³/mol. The van der Waals surface area contributed by atoms with Crippen molar-refractivity contribution in [2.45, 2.75) is 12.8 Å². The minimum Gasteiger partial charge on any atom is -0.366 e. The number of benzene rings is 1. The Balaban J connectivity index is 2.27. The number of nitrogens with one attached hydrogen (secondary N) is 1. The van der Waals surface area contributed by atoms with Gasteiger partial charge in [0.25, 0.3) is 11.6 Å². The molecule has 0 atom stereocenters. The third-order valence-electron chi connectivity index (χ3n) is 3.95. The molecule has 7 heteroatoms. The smallest absolute Gasteiger partial charge is 0.293 e. The highest BCUT2D eigenvalue weighted by Crippen LogP contribution is 2.32. The van der Waals surface area contributed by atoms with Gasteiger partial charge in [-0.05, 0) is 37.4 Å². The summed E-state index contributed by atoms with van der Waals surface area (Å²) < 4.78 is 0. The second-order valence-electron chi connectivity index (χ2n) is 5.21. The lowest BCUT2D eigenvalue weighted by molar-refractivity contribution is -0.384. The number of anilines is 1. The number of hydrogen-bond donors (Lipinski definition) is 2. The molecule has 7 nitrogen and oxygen atoms in total. The van der Waals surface area contributed by atoms with Crippen LogP contribution in [0, 0.1) is 16.0 Å². The van der Waals surface area contributed by atoms with E-state index in [2.05, 4.69) is 5.32 Å². The van der Waals surface area contributed by atoms with Crippen LogP contribution in [0.4, 0.5) is 11.4 Å². The molecule has 0 radical (unpaired) electrons. The van der Waals surface area contributed by atoms with Crippen LogP contribution in [0.5, 0.6) is 0 Å². The normalized spacial score (nSPS) is 15.8. The summed E-state index contributed by atoms with van der Waals surface area (Å²) in [5.74, 6) is 0.164. The Labute approximate surface area is 123 Å². The minimum atomic E-state index is -0.434. The van der Waals surface area contributed by atoms with Crippen LogP contribution in [0.1, 0.15) is 23.2 Å². The van der Waals surface area contributed by atoms with E-state index in [0.29, 0.717) is 23.7 Å². The molecule has 1 amide bonds. The molecule has 1 aromatic carbocycles. The SMILES string of the molecule is CNC(=O)c1ccc(N2CCC(CN)CC2)c([N+](=O)[O-])c1. The molecule has 0 saturated carbocycles. The van der Waals surface area contributed by atoms with Gasteiger partial charge < -0.3 is 16.0 Å². The van der Waals surface area contributed by atoms with E-state index >= 15 is 0 Å². The van der Waals surface area contributed by atoms with Gasteiger partial charge in [-0.1, -0.05) is 0 Å². The molecular weight excluding hydrogens is 272 g/mol. The van der Waals surface area contributed by atoms with Crippen molar-refractivity contribution in [1.82, 2.24) is 5.32 Å². The number of amides is 1. The van der Waals surface area contributed by atoms with Gasteiger partial charge in [0.2, 0.25) is 0 Å².